The van der Waals surface area contributed by atoms with Gasteiger partial charge in [-0.15, -0.1) is 6.58 Å². The second kappa shape index (κ2) is 6.15. The number of nitro groups is 1. The van der Waals surface area contributed by atoms with Crippen LogP contribution in [0.3, 0.4) is 0 Å². The molecule has 1 aromatic rings. The summed E-state index contributed by atoms with van der Waals surface area (Å²) >= 11 is 3.07. The Bertz CT molecular complexity index is 460. The highest BCUT2D eigenvalue weighted by atomic mass is 79.9. The summed E-state index contributed by atoms with van der Waals surface area (Å²) in [4.78, 5) is 21.9. The number of hydrogen-bond acceptors (Lipinski definition) is 3. The van der Waals surface area contributed by atoms with Gasteiger partial charge in [0.1, 0.15) is 4.47 Å². The highest BCUT2D eigenvalue weighted by Gasteiger charge is 2.18. The Hall–Kier alpha value is -1.69. The first kappa shape index (κ1) is 13.4. The van der Waals surface area contributed by atoms with Crippen molar-refractivity contribution in [2.45, 2.75) is 6.42 Å². The van der Waals surface area contributed by atoms with E-state index in [0.717, 1.165) is 0 Å². The normalized spacial score (nSPS) is 9.71. The fourth-order valence-electron chi connectivity index (χ4n) is 1.22. The molecule has 0 atom stereocenters. The van der Waals surface area contributed by atoms with Crippen LogP contribution in [0.25, 0.3) is 0 Å². The first-order chi connectivity index (χ1) is 8.07. The van der Waals surface area contributed by atoms with E-state index in [-0.39, 0.29) is 21.6 Å². The Balaban J connectivity index is 2.90. The molecular weight excluding hydrogens is 288 g/mol. The smallest absolute Gasteiger partial charge is 0.284 e. The minimum atomic E-state index is -0.537. The Labute approximate surface area is 107 Å². The van der Waals surface area contributed by atoms with Gasteiger partial charge in [-0.1, -0.05) is 12.1 Å². The first-order valence-electron chi connectivity index (χ1n) is 4.90. The molecule has 0 heterocycles. The van der Waals surface area contributed by atoms with Gasteiger partial charge < -0.3 is 5.32 Å². The van der Waals surface area contributed by atoms with E-state index in [1.807, 2.05) is 0 Å². The highest BCUT2D eigenvalue weighted by molar-refractivity contribution is 9.10. The van der Waals surface area contributed by atoms with Gasteiger partial charge in [0.05, 0.1) is 10.5 Å². The van der Waals surface area contributed by atoms with E-state index in [2.05, 4.69) is 27.8 Å². The third-order valence-corrected chi connectivity index (χ3v) is 2.89. The SMILES string of the molecule is C=CCCNC(=O)c1cccc([N+](=O)[O-])c1Br. The summed E-state index contributed by atoms with van der Waals surface area (Å²) in [5, 5.41) is 13.3. The Kier molecular flexibility index (Phi) is 4.84. The number of nitro benzene ring substituents is 1. The van der Waals surface area contributed by atoms with Crippen LogP contribution in [0.5, 0.6) is 0 Å². The van der Waals surface area contributed by atoms with Crippen molar-refractivity contribution in [2.75, 3.05) is 6.54 Å². The monoisotopic (exact) mass is 298 g/mol. The highest BCUT2D eigenvalue weighted by Crippen LogP contribution is 2.28. The summed E-state index contributed by atoms with van der Waals surface area (Å²) in [6.07, 6.45) is 2.33. The number of hydrogen-bond donors (Lipinski definition) is 1. The summed E-state index contributed by atoms with van der Waals surface area (Å²) in [5.41, 5.74) is 0.129. The van der Waals surface area contributed by atoms with Gasteiger partial charge in [-0.25, -0.2) is 0 Å². The minimum Gasteiger partial charge on any atom is -0.352 e. The van der Waals surface area contributed by atoms with Crippen LogP contribution in [-0.4, -0.2) is 17.4 Å². The van der Waals surface area contributed by atoms with Crippen LogP contribution in [0.15, 0.2) is 35.3 Å². The topological polar surface area (TPSA) is 72.2 Å². The molecule has 5 nitrogen and oxygen atoms in total. The van der Waals surface area contributed by atoms with Crippen LogP contribution >= 0.6 is 15.9 Å². The van der Waals surface area contributed by atoms with E-state index in [1.54, 1.807) is 6.08 Å². The van der Waals surface area contributed by atoms with Gasteiger partial charge >= 0.3 is 0 Å². The predicted molar refractivity (Wildman–Crippen MR) is 67.9 cm³/mol. The number of halogens is 1. The Morgan fingerprint density at radius 1 is 1.59 bits per heavy atom. The standard InChI is InChI=1S/C11H11BrN2O3/c1-2-3-7-13-11(15)8-5-4-6-9(10(8)12)14(16)17/h2,4-6H,1,3,7H2,(H,13,15). The molecule has 0 aliphatic rings. The van der Waals surface area contributed by atoms with Gasteiger partial charge in [-0.2, -0.15) is 0 Å². The average Bonchev–Trinajstić information content (AvgIpc) is 2.29. The zero-order chi connectivity index (χ0) is 12.8. The van der Waals surface area contributed by atoms with Gasteiger partial charge in [-0.3, -0.25) is 14.9 Å². The van der Waals surface area contributed by atoms with E-state index >= 15 is 0 Å². The molecule has 0 aliphatic heterocycles. The molecule has 1 rings (SSSR count). The molecule has 0 saturated carbocycles. The van der Waals surface area contributed by atoms with Crippen molar-refractivity contribution in [1.29, 1.82) is 0 Å². The predicted octanol–water partition coefficient (Wildman–Crippen LogP) is 2.66. The van der Waals surface area contributed by atoms with Crippen LogP contribution < -0.4 is 5.32 Å². The summed E-state index contributed by atoms with van der Waals surface area (Å²) < 4.78 is 0.195. The van der Waals surface area contributed by atoms with Gasteiger partial charge in [0.2, 0.25) is 0 Å². The van der Waals surface area contributed by atoms with Crippen LogP contribution in [0, 0.1) is 10.1 Å². The zero-order valence-electron chi connectivity index (χ0n) is 8.98. The number of carbonyl (C=O) groups is 1. The van der Waals surface area contributed by atoms with Gasteiger partial charge in [0.15, 0.2) is 0 Å². The molecule has 0 bridgehead atoms. The molecule has 17 heavy (non-hydrogen) atoms. The van der Waals surface area contributed by atoms with Gasteiger partial charge in [0.25, 0.3) is 11.6 Å². The summed E-state index contributed by atoms with van der Waals surface area (Å²) in [6.45, 7) is 3.99. The second-order valence-electron chi connectivity index (χ2n) is 3.23. The zero-order valence-corrected chi connectivity index (χ0v) is 10.6. The quantitative estimate of drug-likeness (QED) is 0.393. The molecule has 0 spiro atoms. The number of amides is 1. The van der Waals surface area contributed by atoms with Crippen molar-refractivity contribution in [1.82, 2.24) is 5.32 Å². The molecule has 0 fully saturated rings. The molecule has 0 aromatic heterocycles. The number of nitrogens with one attached hydrogen (secondary N) is 1. The molecule has 0 radical (unpaired) electrons. The summed E-state index contributed by atoms with van der Waals surface area (Å²) in [5.74, 6) is -0.345. The molecule has 90 valence electrons. The third-order valence-electron chi connectivity index (χ3n) is 2.05. The molecule has 0 aliphatic carbocycles. The van der Waals surface area contributed by atoms with Crippen molar-refractivity contribution in [3.63, 3.8) is 0 Å². The molecule has 1 N–H and O–H groups in total. The van der Waals surface area contributed by atoms with Crippen molar-refractivity contribution < 1.29 is 9.72 Å². The minimum absolute atomic E-state index is 0.124. The van der Waals surface area contributed by atoms with Crippen LogP contribution in [0.2, 0.25) is 0 Å². The fourth-order valence-corrected chi connectivity index (χ4v) is 1.81. The lowest BCUT2D eigenvalue weighted by atomic mass is 10.2. The van der Waals surface area contributed by atoms with Gasteiger partial charge in [-0.05, 0) is 28.4 Å². The van der Waals surface area contributed by atoms with E-state index in [9.17, 15) is 14.9 Å². The lowest BCUT2D eigenvalue weighted by molar-refractivity contribution is -0.385. The molecule has 0 saturated heterocycles. The Morgan fingerprint density at radius 3 is 2.88 bits per heavy atom. The molecule has 1 aromatic carbocycles. The maximum atomic E-state index is 11.7. The largest absolute Gasteiger partial charge is 0.352 e. The third kappa shape index (κ3) is 3.39. The summed E-state index contributed by atoms with van der Waals surface area (Å²) in [6, 6.07) is 4.34. The van der Waals surface area contributed by atoms with Gasteiger partial charge in [0, 0.05) is 12.6 Å². The maximum absolute atomic E-state index is 11.7. The van der Waals surface area contributed by atoms with Crippen molar-refractivity contribution in [3.8, 4) is 0 Å². The van der Waals surface area contributed by atoms with E-state index in [1.165, 1.54) is 18.2 Å². The van der Waals surface area contributed by atoms with E-state index in [4.69, 9.17) is 0 Å². The van der Waals surface area contributed by atoms with Crippen LogP contribution in [-0.2, 0) is 0 Å². The molecular formula is C11H11BrN2O3. The number of nitrogens with zero attached hydrogens (tertiary/aromatic N) is 1. The number of benzene rings is 1. The second-order valence-corrected chi connectivity index (χ2v) is 4.02. The fraction of sp³-hybridized carbons (Fsp3) is 0.182. The lowest BCUT2D eigenvalue weighted by Gasteiger charge is -2.05. The maximum Gasteiger partial charge on any atom is 0.284 e. The Morgan fingerprint density at radius 2 is 2.29 bits per heavy atom. The number of carbonyl (C=O) groups excluding carboxylic acids is 1. The van der Waals surface area contributed by atoms with E-state index in [0.29, 0.717) is 13.0 Å². The van der Waals surface area contributed by atoms with E-state index < -0.39 is 4.92 Å². The van der Waals surface area contributed by atoms with Crippen molar-refractivity contribution in [2.24, 2.45) is 0 Å². The van der Waals surface area contributed by atoms with Crippen LogP contribution in [0.4, 0.5) is 5.69 Å². The molecule has 6 heteroatoms. The lowest BCUT2D eigenvalue weighted by Crippen LogP contribution is -2.24. The summed E-state index contributed by atoms with van der Waals surface area (Å²) in [7, 11) is 0. The van der Waals surface area contributed by atoms with Crippen LogP contribution in [0.1, 0.15) is 16.8 Å². The van der Waals surface area contributed by atoms with Crippen molar-refractivity contribution >= 4 is 27.5 Å². The molecule has 1 amide bonds. The van der Waals surface area contributed by atoms with Crippen molar-refractivity contribution in [3.05, 3.63) is 51.0 Å². The molecule has 0 unspecified atom stereocenters. The first-order valence-corrected chi connectivity index (χ1v) is 5.69. The number of rotatable bonds is 5. The average molecular weight is 299 g/mol.